The van der Waals surface area contributed by atoms with Crippen LogP contribution in [-0.4, -0.2) is 15.9 Å². The molecule has 1 unspecified atom stereocenters. The van der Waals surface area contributed by atoms with Crippen molar-refractivity contribution in [3.63, 3.8) is 0 Å². The number of carbonyl (C=O) groups is 1. The van der Waals surface area contributed by atoms with Gasteiger partial charge in [-0.1, -0.05) is 18.2 Å². The lowest BCUT2D eigenvalue weighted by Gasteiger charge is -2.18. The highest BCUT2D eigenvalue weighted by Crippen LogP contribution is 2.26. The molecule has 1 heterocycles. The minimum Gasteiger partial charge on any atom is -0.484 e. The second kappa shape index (κ2) is 5.78. The van der Waals surface area contributed by atoms with E-state index in [-0.39, 0.29) is 11.5 Å². The van der Waals surface area contributed by atoms with Gasteiger partial charge in [-0.15, -0.1) is 0 Å². The van der Waals surface area contributed by atoms with Crippen molar-refractivity contribution in [1.82, 2.24) is 9.97 Å². The molecule has 6 heteroatoms. The summed E-state index contributed by atoms with van der Waals surface area (Å²) >= 11 is 0. The van der Waals surface area contributed by atoms with Crippen LogP contribution < -0.4 is 16.2 Å². The van der Waals surface area contributed by atoms with Crippen LogP contribution in [0.15, 0.2) is 24.3 Å². The summed E-state index contributed by atoms with van der Waals surface area (Å²) in [5, 5.41) is 0. The van der Waals surface area contributed by atoms with Gasteiger partial charge in [0.05, 0.1) is 17.0 Å². The Hall–Kier alpha value is -2.63. The van der Waals surface area contributed by atoms with Crippen molar-refractivity contribution in [3.8, 4) is 5.75 Å². The van der Waals surface area contributed by atoms with Gasteiger partial charge in [0.15, 0.2) is 0 Å². The van der Waals surface area contributed by atoms with Gasteiger partial charge in [0, 0.05) is 0 Å². The molecule has 21 heavy (non-hydrogen) atoms. The van der Waals surface area contributed by atoms with Crippen molar-refractivity contribution in [2.75, 3.05) is 5.73 Å². The average molecular weight is 286 g/mol. The van der Waals surface area contributed by atoms with Crippen molar-refractivity contribution >= 4 is 11.9 Å². The zero-order valence-electron chi connectivity index (χ0n) is 12.3. The van der Waals surface area contributed by atoms with E-state index in [2.05, 4.69) is 9.97 Å². The molecule has 2 rings (SSSR count). The number of nitrogen functional groups attached to an aromatic ring is 1. The van der Waals surface area contributed by atoms with Crippen LogP contribution in [0, 0.1) is 13.8 Å². The van der Waals surface area contributed by atoms with E-state index >= 15 is 0 Å². The smallest absolute Gasteiger partial charge is 0.252 e. The fraction of sp³-hybridized carbons (Fsp3) is 0.267. The molecule has 0 aliphatic heterocycles. The molecular formula is C15H18N4O2. The Bertz CT molecular complexity index is 685. The van der Waals surface area contributed by atoms with E-state index in [1.165, 1.54) is 0 Å². The Labute approximate surface area is 123 Å². The first-order chi connectivity index (χ1) is 9.90. The molecule has 0 fully saturated rings. The highest BCUT2D eigenvalue weighted by molar-refractivity contribution is 5.95. The molecule has 0 aliphatic carbocycles. The van der Waals surface area contributed by atoms with E-state index in [4.69, 9.17) is 16.2 Å². The molecule has 0 saturated carbocycles. The lowest BCUT2D eigenvalue weighted by atomic mass is 10.1. The molecule has 0 bridgehead atoms. The molecule has 2 aromatic rings. The maximum Gasteiger partial charge on any atom is 0.252 e. The molecular weight excluding hydrogens is 268 g/mol. The number of carbonyl (C=O) groups excluding carboxylic acids is 1. The first-order valence-corrected chi connectivity index (χ1v) is 6.56. The molecule has 110 valence electrons. The zero-order chi connectivity index (χ0) is 15.6. The second-order valence-electron chi connectivity index (χ2n) is 4.82. The van der Waals surface area contributed by atoms with E-state index in [0.29, 0.717) is 11.4 Å². The number of amides is 1. The van der Waals surface area contributed by atoms with Gasteiger partial charge >= 0.3 is 0 Å². The monoisotopic (exact) mass is 286 g/mol. The minimum atomic E-state index is -0.595. The standard InChI is InChI=1S/C15H18N4O2/c1-8-6-4-5-7-11(8)21-10(3)13-12(14(16)20)9(2)18-15(17)19-13/h4-7,10H,1-3H3,(H2,16,20)(H2,17,18,19). The van der Waals surface area contributed by atoms with Gasteiger partial charge in [-0.05, 0) is 32.4 Å². The van der Waals surface area contributed by atoms with E-state index < -0.39 is 12.0 Å². The Morgan fingerprint density at radius 3 is 2.52 bits per heavy atom. The van der Waals surface area contributed by atoms with Crippen LogP contribution in [0.1, 0.15) is 40.3 Å². The highest BCUT2D eigenvalue weighted by Gasteiger charge is 2.22. The lowest BCUT2D eigenvalue weighted by molar-refractivity contribution is 0.0993. The number of hydrogen-bond donors (Lipinski definition) is 2. The van der Waals surface area contributed by atoms with Crippen LogP contribution in [0.2, 0.25) is 0 Å². The number of ether oxygens (including phenoxy) is 1. The molecule has 4 N–H and O–H groups in total. The van der Waals surface area contributed by atoms with Crippen LogP contribution >= 0.6 is 0 Å². The fourth-order valence-electron chi connectivity index (χ4n) is 2.15. The van der Waals surface area contributed by atoms with E-state index in [1.807, 2.05) is 31.2 Å². The number of nitrogens with zero attached hydrogens (tertiary/aromatic N) is 2. The number of para-hydroxylation sites is 1. The summed E-state index contributed by atoms with van der Waals surface area (Å²) in [6.07, 6.45) is -0.474. The Morgan fingerprint density at radius 2 is 1.90 bits per heavy atom. The molecule has 1 atom stereocenters. The van der Waals surface area contributed by atoms with Gasteiger partial charge in [0.2, 0.25) is 5.95 Å². The number of benzene rings is 1. The number of rotatable bonds is 4. The van der Waals surface area contributed by atoms with Crippen LogP contribution in [0.5, 0.6) is 5.75 Å². The number of nitrogens with two attached hydrogens (primary N) is 2. The SMILES string of the molecule is Cc1ccccc1OC(C)c1nc(N)nc(C)c1C(N)=O. The first kappa shape index (κ1) is 14.8. The Kier molecular flexibility index (Phi) is 4.07. The third kappa shape index (κ3) is 3.10. The molecule has 6 nitrogen and oxygen atoms in total. The van der Waals surface area contributed by atoms with E-state index in [9.17, 15) is 4.79 Å². The third-order valence-corrected chi connectivity index (χ3v) is 3.16. The number of primary amides is 1. The number of aromatic nitrogens is 2. The summed E-state index contributed by atoms with van der Waals surface area (Å²) in [5.74, 6) is 0.214. The summed E-state index contributed by atoms with van der Waals surface area (Å²) < 4.78 is 5.88. The van der Waals surface area contributed by atoms with Gasteiger partial charge in [0.25, 0.3) is 5.91 Å². The van der Waals surface area contributed by atoms with Crippen molar-refractivity contribution in [2.24, 2.45) is 5.73 Å². The van der Waals surface area contributed by atoms with E-state index in [1.54, 1.807) is 13.8 Å². The molecule has 0 radical (unpaired) electrons. The Balaban J connectivity index is 2.41. The predicted octanol–water partition coefficient (Wildman–Crippen LogP) is 1.91. The van der Waals surface area contributed by atoms with Crippen molar-refractivity contribution in [1.29, 1.82) is 0 Å². The highest BCUT2D eigenvalue weighted by atomic mass is 16.5. The van der Waals surface area contributed by atoms with Crippen LogP contribution in [0.25, 0.3) is 0 Å². The quantitative estimate of drug-likeness (QED) is 0.893. The number of hydrogen-bond acceptors (Lipinski definition) is 5. The summed E-state index contributed by atoms with van der Waals surface area (Å²) in [7, 11) is 0. The van der Waals surface area contributed by atoms with Gasteiger partial charge in [0.1, 0.15) is 11.9 Å². The molecule has 1 aromatic heterocycles. The molecule has 1 aromatic carbocycles. The number of anilines is 1. The van der Waals surface area contributed by atoms with Crippen molar-refractivity contribution < 1.29 is 9.53 Å². The number of aryl methyl sites for hydroxylation is 2. The second-order valence-corrected chi connectivity index (χ2v) is 4.82. The van der Waals surface area contributed by atoms with Gasteiger partial charge in [-0.25, -0.2) is 9.97 Å². The van der Waals surface area contributed by atoms with Gasteiger partial charge in [-0.3, -0.25) is 4.79 Å². The van der Waals surface area contributed by atoms with Crippen molar-refractivity contribution in [3.05, 3.63) is 46.8 Å². The minimum absolute atomic E-state index is 0.0905. The fourth-order valence-corrected chi connectivity index (χ4v) is 2.15. The van der Waals surface area contributed by atoms with Crippen LogP contribution in [-0.2, 0) is 0 Å². The Morgan fingerprint density at radius 1 is 1.24 bits per heavy atom. The van der Waals surface area contributed by atoms with Crippen LogP contribution in [0.4, 0.5) is 5.95 Å². The summed E-state index contributed by atoms with van der Waals surface area (Å²) in [5.41, 5.74) is 13.2. The molecule has 0 aliphatic rings. The maximum absolute atomic E-state index is 11.6. The molecule has 1 amide bonds. The van der Waals surface area contributed by atoms with Crippen molar-refractivity contribution in [2.45, 2.75) is 26.9 Å². The maximum atomic E-state index is 11.6. The normalized spacial score (nSPS) is 12.0. The van der Waals surface area contributed by atoms with Gasteiger partial charge in [-0.2, -0.15) is 0 Å². The summed E-state index contributed by atoms with van der Waals surface area (Å²) in [6, 6.07) is 7.60. The first-order valence-electron chi connectivity index (χ1n) is 6.56. The van der Waals surface area contributed by atoms with Gasteiger partial charge < -0.3 is 16.2 Å². The lowest BCUT2D eigenvalue weighted by Crippen LogP contribution is -2.21. The summed E-state index contributed by atoms with van der Waals surface area (Å²) in [6.45, 7) is 5.40. The predicted molar refractivity (Wildman–Crippen MR) is 79.9 cm³/mol. The molecule has 0 saturated heterocycles. The van der Waals surface area contributed by atoms with Crippen LogP contribution in [0.3, 0.4) is 0 Å². The molecule has 0 spiro atoms. The summed E-state index contributed by atoms with van der Waals surface area (Å²) in [4.78, 5) is 19.7. The topological polar surface area (TPSA) is 104 Å². The van der Waals surface area contributed by atoms with E-state index in [0.717, 1.165) is 11.3 Å². The zero-order valence-corrected chi connectivity index (χ0v) is 12.3. The average Bonchev–Trinajstić information content (AvgIpc) is 2.39. The third-order valence-electron chi connectivity index (χ3n) is 3.16. The largest absolute Gasteiger partial charge is 0.484 e.